The molecule has 4 aliphatic rings. The fourth-order valence-electron chi connectivity index (χ4n) is 7.42. The van der Waals surface area contributed by atoms with E-state index in [2.05, 4.69) is 37.0 Å². The second kappa shape index (κ2) is 13.9. The highest BCUT2D eigenvalue weighted by molar-refractivity contribution is 6.40. The van der Waals surface area contributed by atoms with E-state index in [1.165, 1.54) is 6.21 Å². The van der Waals surface area contributed by atoms with E-state index in [1.54, 1.807) is 26.6 Å². The maximum atomic E-state index is 14.2. The van der Waals surface area contributed by atoms with Gasteiger partial charge in [0.15, 0.2) is 0 Å². The third-order valence-electron chi connectivity index (χ3n) is 10.1. The van der Waals surface area contributed by atoms with Crippen LogP contribution in [-0.2, 0) is 16.1 Å². The summed E-state index contributed by atoms with van der Waals surface area (Å²) < 4.78 is 10.5. The molecule has 1 N–H and O–H groups in total. The van der Waals surface area contributed by atoms with Crippen LogP contribution in [0.1, 0.15) is 48.4 Å². The number of fused-ring (bicyclic) bond motifs is 1. The van der Waals surface area contributed by atoms with E-state index in [1.807, 2.05) is 53.4 Å². The number of likely N-dealkylation sites (tertiary alicyclic amines) is 2. The van der Waals surface area contributed by atoms with Crippen molar-refractivity contribution < 1.29 is 24.2 Å². The molecule has 3 aromatic rings. The van der Waals surface area contributed by atoms with E-state index < -0.39 is 5.60 Å². The van der Waals surface area contributed by atoms with Gasteiger partial charge in [-0.05, 0) is 67.3 Å². The first-order valence-corrected chi connectivity index (χ1v) is 16.7. The van der Waals surface area contributed by atoms with Crippen LogP contribution in [0.15, 0.2) is 93.7 Å². The standard InChI is InChI=1S/C38H40N6O5/c1-48-29-10-8-26(9-11-29)34-35-33(32(45)22-41-34)27(21-40-35)20-38(47)14-18-44(19-15-38)36(46)30-13-17-43(23-28-12-16-39-37(42-28)49-2)24-31(30)25-6-4-3-5-7-25/h3-12,16,21-22,30-31,47H,13-15,17-20,23-24H2,1-2H3/t30-,31+/m1/s1. The van der Waals surface area contributed by atoms with Crippen LogP contribution >= 0.6 is 0 Å². The smallest absolute Gasteiger partial charge is 0.316 e. The molecular formula is C38H40N6O5. The van der Waals surface area contributed by atoms with Crippen LogP contribution in [0.25, 0.3) is 5.70 Å². The fourth-order valence-corrected chi connectivity index (χ4v) is 7.42. The maximum absolute atomic E-state index is 14.2. The molecule has 0 bridgehead atoms. The molecule has 11 nitrogen and oxygen atoms in total. The molecule has 0 unspecified atom stereocenters. The van der Waals surface area contributed by atoms with E-state index in [0.717, 1.165) is 42.1 Å². The molecule has 0 spiro atoms. The lowest BCUT2D eigenvalue weighted by Crippen LogP contribution is -2.51. The van der Waals surface area contributed by atoms with Gasteiger partial charge >= 0.3 is 6.01 Å². The van der Waals surface area contributed by atoms with Gasteiger partial charge < -0.3 is 19.5 Å². The highest BCUT2D eigenvalue weighted by atomic mass is 16.5. The van der Waals surface area contributed by atoms with Gasteiger partial charge in [0.25, 0.3) is 0 Å². The zero-order valence-electron chi connectivity index (χ0n) is 27.8. The highest BCUT2D eigenvalue weighted by Crippen LogP contribution is 2.40. The van der Waals surface area contributed by atoms with E-state index in [4.69, 9.17) is 9.47 Å². The van der Waals surface area contributed by atoms with Gasteiger partial charge in [0.2, 0.25) is 11.7 Å². The average Bonchev–Trinajstić information content (AvgIpc) is 3.56. The number of aromatic nitrogens is 2. The summed E-state index contributed by atoms with van der Waals surface area (Å²) in [5, 5.41) is 11.8. The molecule has 0 radical (unpaired) electrons. The lowest BCUT2D eigenvalue weighted by molar-refractivity contribution is -0.142. The van der Waals surface area contributed by atoms with Crippen molar-refractivity contribution >= 4 is 29.8 Å². The molecule has 252 valence electrons. The minimum atomic E-state index is -1.06. The van der Waals surface area contributed by atoms with Gasteiger partial charge in [0, 0.05) is 62.4 Å². The molecule has 11 heteroatoms. The molecule has 0 saturated carbocycles. The predicted molar refractivity (Wildman–Crippen MR) is 185 cm³/mol. The second-order valence-electron chi connectivity index (χ2n) is 13.1. The molecule has 5 heterocycles. The molecule has 1 amide bonds. The Kier molecular flexibility index (Phi) is 9.20. The first kappa shape index (κ1) is 32.5. The van der Waals surface area contributed by atoms with Crippen molar-refractivity contribution in [2.45, 2.75) is 43.7 Å². The number of rotatable bonds is 9. The summed E-state index contributed by atoms with van der Waals surface area (Å²) in [5.74, 6) is 0.507. The number of amides is 1. The van der Waals surface area contributed by atoms with Crippen molar-refractivity contribution in [1.29, 1.82) is 0 Å². The largest absolute Gasteiger partial charge is 0.497 e. The van der Waals surface area contributed by atoms with Gasteiger partial charge in [-0.25, -0.2) is 9.98 Å². The second-order valence-corrected chi connectivity index (χ2v) is 13.1. The maximum Gasteiger partial charge on any atom is 0.316 e. The highest BCUT2D eigenvalue weighted by Gasteiger charge is 2.42. The summed E-state index contributed by atoms with van der Waals surface area (Å²) in [7, 11) is 3.17. The summed E-state index contributed by atoms with van der Waals surface area (Å²) in [6.45, 7) is 3.05. The number of methoxy groups -OCH3 is 2. The summed E-state index contributed by atoms with van der Waals surface area (Å²) in [4.78, 5) is 49.1. The molecular weight excluding hydrogens is 620 g/mol. The molecule has 2 atom stereocenters. The van der Waals surface area contributed by atoms with E-state index >= 15 is 0 Å². The Balaban J connectivity index is 1.03. The molecule has 2 aromatic carbocycles. The predicted octanol–water partition coefficient (Wildman–Crippen LogP) is 4.25. The molecule has 7 rings (SSSR count). The van der Waals surface area contributed by atoms with Crippen molar-refractivity contribution in [3.05, 3.63) is 101 Å². The van der Waals surface area contributed by atoms with Crippen molar-refractivity contribution in [2.24, 2.45) is 15.9 Å². The van der Waals surface area contributed by atoms with Crippen LogP contribution in [0.2, 0.25) is 0 Å². The van der Waals surface area contributed by atoms with E-state index in [9.17, 15) is 14.7 Å². The van der Waals surface area contributed by atoms with Gasteiger partial charge in [0.1, 0.15) is 11.4 Å². The zero-order chi connectivity index (χ0) is 34.0. The number of hydrogen-bond donors (Lipinski definition) is 1. The Bertz CT molecular complexity index is 1840. The third-order valence-corrected chi connectivity index (χ3v) is 10.1. The number of aliphatic imine (C=N–C) groups is 2. The number of nitrogens with zero attached hydrogens (tertiary/aromatic N) is 6. The van der Waals surface area contributed by atoms with Gasteiger partial charge in [-0.1, -0.05) is 30.3 Å². The Morgan fingerprint density at radius 1 is 0.939 bits per heavy atom. The first-order valence-electron chi connectivity index (χ1n) is 16.7. The Hall–Kier alpha value is -5.00. The molecule has 0 aliphatic carbocycles. The number of hydrogen-bond acceptors (Lipinski definition) is 10. The summed E-state index contributed by atoms with van der Waals surface area (Å²) in [5.41, 5.74) is 4.14. The number of carbonyl (C=O) groups excluding carboxylic acids is 2. The van der Waals surface area contributed by atoms with Crippen molar-refractivity contribution in [3.63, 3.8) is 0 Å². The number of piperidine rings is 2. The lowest BCUT2D eigenvalue weighted by atomic mass is 9.78. The number of ether oxygens (including phenoxy) is 2. The van der Waals surface area contributed by atoms with Crippen LogP contribution in [-0.4, -0.2) is 95.0 Å². The molecule has 2 saturated heterocycles. The number of benzene rings is 2. The van der Waals surface area contributed by atoms with Crippen LogP contribution < -0.4 is 9.47 Å². The number of carbonyl (C=O) groups is 2. The average molecular weight is 661 g/mol. The Labute approximate surface area is 285 Å². The van der Waals surface area contributed by atoms with Gasteiger partial charge in [-0.2, -0.15) is 4.98 Å². The lowest BCUT2D eigenvalue weighted by Gasteiger charge is -2.43. The minimum Gasteiger partial charge on any atom is -0.497 e. The fraction of sp³-hybridized carbons (Fsp3) is 0.368. The van der Waals surface area contributed by atoms with Crippen LogP contribution in [0.3, 0.4) is 0 Å². The SMILES string of the molecule is COc1ccc(C2=C3N=CC(CC4(O)CCN(C(=O)[C@@H]5CCN(Cc6ccnc(OC)n6)C[C@H]5c5ccccc5)CC4)=C3C(=O)C=N2)cc1. The molecule has 49 heavy (non-hydrogen) atoms. The first-order chi connectivity index (χ1) is 23.8. The molecule has 4 aliphatic heterocycles. The Morgan fingerprint density at radius 2 is 1.69 bits per heavy atom. The van der Waals surface area contributed by atoms with Gasteiger partial charge in [-0.3, -0.25) is 19.5 Å². The topological polar surface area (TPSA) is 130 Å². The number of aliphatic hydroxyl groups is 1. The van der Waals surface area contributed by atoms with E-state index in [-0.39, 0.29) is 29.9 Å². The zero-order valence-corrected chi connectivity index (χ0v) is 27.8. The minimum absolute atomic E-state index is 0.0257. The molecule has 1 aromatic heterocycles. The van der Waals surface area contributed by atoms with Crippen LogP contribution in [0.5, 0.6) is 11.8 Å². The number of ketones is 1. The third kappa shape index (κ3) is 6.81. The van der Waals surface area contributed by atoms with Crippen molar-refractivity contribution in [2.75, 3.05) is 40.4 Å². The van der Waals surface area contributed by atoms with Crippen LogP contribution in [0, 0.1) is 5.92 Å². The van der Waals surface area contributed by atoms with Crippen molar-refractivity contribution in [1.82, 2.24) is 19.8 Å². The van der Waals surface area contributed by atoms with Crippen molar-refractivity contribution in [3.8, 4) is 11.8 Å². The molecule has 2 fully saturated rings. The number of Topliss-reactive ketones (excluding diaryl/α,β-unsaturated/α-hetero) is 1. The quantitative estimate of drug-likeness (QED) is 0.361. The summed E-state index contributed by atoms with van der Waals surface area (Å²) in [6, 6.07) is 20.0. The number of allylic oxidation sites excluding steroid dienone is 1. The van der Waals surface area contributed by atoms with Gasteiger partial charge in [-0.15, -0.1) is 0 Å². The normalized spacial score (nSPS) is 22.0. The Morgan fingerprint density at radius 3 is 2.43 bits per heavy atom. The van der Waals surface area contributed by atoms with E-state index in [0.29, 0.717) is 61.0 Å². The summed E-state index contributed by atoms with van der Waals surface area (Å²) >= 11 is 0. The van der Waals surface area contributed by atoms with Gasteiger partial charge in [0.05, 0.1) is 43.0 Å². The van der Waals surface area contributed by atoms with Crippen LogP contribution in [0.4, 0.5) is 0 Å². The summed E-state index contributed by atoms with van der Waals surface area (Å²) in [6.07, 6.45) is 6.57. The monoisotopic (exact) mass is 660 g/mol.